The summed E-state index contributed by atoms with van der Waals surface area (Å²) in [5.41, 5.74) is 0. The van der Waals surface area contributed by atoms with Crippen LogP contribution in [0.3, 0.4) is 0 Å². The lowest BCUT2D eigenvalue weighted by Crippen LogP contribution is -2.48. The molecule has 0 spiro atoms. The van der Waals surface area contributed by atoms with Crippen LogP contribution in [0.2, 0.25) is 0 Å². The van der Waals surface area contributed by atoms with Gasteiger partial charge in [-0.1, -0.05) is 18.2 Å². The largest absolute Gasteiger partial charge is 0.366 e. The normalized spacial score (nSPS) is 22.4. The van der Waals surface area contributed by atoms with E-state index in [9.17, 15) is 4.79 Å². The van der Waals surface area contributed by atoms with Gasteiger partial charge >= 0.3 is 0 Å². The molecule has 0 aliphatic carbocycles. The zero-order valence-electron chi connectivity index (χ0n) is 7.31. The molecule has 13 heavy (non-hydrogen) atoms. The van der Waals surface area contributed by atoms with Gasteiger partial charge in [-0.25, -0.2) is 0 Å². The average Bonchev–Trinajstić information content (AvgIpc) is 2.15. The molecule has 0 aromatic heterocycles. The van der Waals surface area contributed by atoms with Crippen molar-refractivity contribution < 1.29 is 9.53 Å². The van der Waals surface area contributed by atoms with Crippen LogP contribution in [0.4, 0.5) is 0 Å². The molecule has 0 radical (unpaired) electrons. The van der Waals surface area contributed by atoms with E-state index < -0.39 is 6.10 Å². The lowest BCUT2D eigenvalue weighted by molar-refractivity contribution is -0.133. The molecule has 1 aliphatic heterocycles. The zero-order valence-corrected chi connectivity index (χ0v) is 8.06. The lowest BCUT2D eigenvalue weighted by Gasteiger charge is -2.22. The van der Waals surface area contributed by atoms with Crippen LogP contribution in [0.5, 0.6) is 0 Å². The van der Waals surface area contributed by atoms with Crippen LogP contribution in [-0.4, -0.2) is 38.3 Å². The first-order valence-electron chi connectivity index (χ1n) is 4.13. The van der Waals surface area contributed by atoms with Gasteiger partial charge in [0.2, 0.25) is 0 Å². The SMILES string of the molecule is C=C(Cl)CNC(=O)C1CNCCO1. The number of hydrogen-bond acceptors (Lipinski definition) is 3. The third kappa shape index (κ3) is 3.76. The smallest absolute Gasteiger partial charge is 0.250 e. The topological polar surface area (TPSA) is 50.4 Å². The molecule has 1 aliphatic rings. The average molecular weight is 205 g/mol. The molecule has 2 N–H and O–H groups in total. The molecular weight excluding hydrogens is 192 g/mol. The Labute approximate surface area is 82.3 Å². The Morgan fingerprint density at radius 1 is 1.77 bits per heavy atom. The maximum Gasteiger partial charge on any atom is 0.250 e. The fourth-order valence-corrected chi connectivity index (χ4v) is 1.10. The van der Waals surface area contributed by atoms with Crippen molar-refractivity contribution in [2.45, 2.75) is 6.10 Å². The molecular formula is C8H13ClN2O2. The van der Waals surface area contributed by atoms with E-state index in [2.05, 4.69) is 17.2 Å². The van der Waals surface area contributed by atoms with Crippen LogP contribution in [0.25, 0.3) is 0 Å². The minimum absolute atomic E-state index is 0.144. The number of carbonyl (C=O) groups is 1. The van der Waals surface area contributed by atoms with Gasteiger partial charge in [-0.3, -0.25) is 4.79 Å². The molecule has 5 heteroatoms. The van der Waals surface area contributed by atoms with Gasteiger partial charge in [0.15, 0.2) is 0 Å². The summed E-state index contributed by atoms with van der Waals surface area (Å²) >= 11 is 5.50. The highest BCUT2D eigenvalue weighted by Gasteiger charge is 2.20. The number of nitrogens with one attached hydrogen (secondary N) is 2. The lowest BCUT2D eigenvalue weighted by atomic mass is 10.3. The Kier molecular flexibility index (Phi) is 4.21. The van der Waals surface area contributed by atoms with Gasteiger partial charge in [0.05, 0.1) is 13.2 Å². The van der Waals surface area contributed by atoms with Gasteiger partial charge in [0.25, 0.3) is 5.91 Å². The van der Waals surface area contributed by atoms with Crippen molar-refractivity contribution in [3.8, 4) is 0 Å². The highest BCUT2D eigenvalue weighted by Crippen LogP contribution is 1.97. The summed E-state index contributed by atoms with van der Waals surface area (Å²) in [5.74, 6) is -0.144. The number of hydrogen-bond donors (Lipinski definition) is 2. The van der Waals surface area contributed by atoms with Crippen LogP contribution < -0.4 is 10.6 Å². The summed E-state index contributed by atoms with van der Waals surface area (Å²) in [6.07, 6.45) is -0.398. The van der Waals surface area contributed by atoms with Gasteiger partial charge in [-0.2, -0.15) is 0 Å². The monoisotopic (exact) mass is 204 g/mol. The van der Waals surface area contributed by atoms with Crippen molar-refractivity contribution >= 4 is 17.5 Å². The highest BCUT2D eigenvalue weighted by atomic mass is 35.5. The first-order chi connectivity index (χ1) is 6.20. The molecule has 1 unspecified atom stereocenters. The molecule has 4 nitrogen and oxygen atoms in total. The molecule has 1 heterocycles. The highest BCUT2D eigenvalue weighted by molar-refractivity contribution is 6.29. The Morgan fingerprint density at radius 3 is 3.08 bits per heavy atom. The van der Waals surface area contributed by atoms with Crippen LogP contribution in [0.1, 0.15) is 0 Å². The fourth-order valence-electron chi connectivity index (χ4n) is 1.03. The second-order valence-electron chi connectivity index (χ2n) is 2.80. The Balaban J connectivity index is 2.25. The van der Waals surface area contributed by atoms with Gasteiger partial charge in [0, 0.05) is 18.1 Å². The Bertz CT molecular complexity index is 202. The molecule has 1 rings (SSSR count). The molecule has 1 fully saturated rings. The quantitative estimate of drug-likeness (QED) is 0.672. The summed E-state index contributed by atoms with van der Waals surface area (Å²) in [6, 6.07) is 0. The van der Waals surface area contributed by atoms with Gasteiger partial charge in [-0.15, -0.1) is 0 Å². The number of morpholine rings is 1. The Morgan fingerprint density at radius 2 is 2.54 bits per heavy atom. The van der Waals surface area contributed by atoms with Crippen molar-refractivity contribution in [1.82, 2.24) is 10.6 Å². The van der Waals surface area contributed by atoms with E-state index in [4.69, 9.17) is 16.3 Å². The van der Waals surface area contributed by atoms with Crippen molar-refractivity contribution in [1.29, 1.82) is 0 Å². The van der Waals surface area contributed by atoms with E-state index in [-0.39, 0.29) is 5.91 Å². The van der Waals surface area contributed by atoms with Crippen molar-refractivity contribution in [2.24, 2.45) is 0 Å². The molecule has 0 aromatic carbocycles. The Hall–Kier alpha value is -0.580. The summed E-state index contributed by atoms with van der Waals surface area (Å²) in [6.45, 7) is 5.68. The summed E-state index contributed by atoms with van der Waals surface area (Å²) < 4.78 is 5.22. The minimum atomic E-state index is -0.398. The zero-order chi connectivity index (χ0) is 9.68. The van der Waals surface area contributed by atoms with Crippen molar-refractivity contribution in [3.63, 3.8) is 0 Å². The predicted octanol–water partition coefficient (Wildman–Crippen LogP) is -0.157. The predicted molar refractivity (Wildman–Crippen MR) is 50.6 cm³/mol. The van der Waals surface area contributed by atoms with Gasteiger partial charge in [0.1, 0.15) is 6.10 Å². The molecule has 0 saturated carbocycles. The van der Waals surface area contributed by atoms with E-state index in [1.54, 1.807) is 0 Å². The van der Waals surface area contributed by atoms with E-state index >= 15 is 0 Å². The summed E-state index contributed by atoms with van der Waals surface area (Å²) in [5, 5.41) is 6.09. The van der Waals surface area contributed by atoms with Crippen LogP contribution in [0, 0.1) is 0 Å². The van der Waals surface area contributed by atoms with E-state index in [1.807, 2.05) is 0 Å². The minimum Gasteiger partial charge on any atom is -0.366 e. The van der Waals surface area contributed by atoms with E-state index in [1.165, 1.54) is 0 Å². The molecule has 1 amide bonds. The van der Waals surface area contributed by atoms with Crippen LogP contribution >= 0.6 is 11.6 Å². The van der Waals surface area contributed by atoms with Crippen LogP contribution in [0.15, 0.2) is 11.6 Å². The molecule has 0 bridgehead atoms. The second kappa shape index (κ2) is 5.21. The van der Waals surface area contributed by atoms with Crippen molar-refractivity contribution in [2.75, 3.05) is 26.2 Å². The molecule has 1 saturated heterocycles. The number of rotatable bonds is 3. The molecule has 74 valence electrons. The van der Waals surface area contributed by atoms with Gasteiger partial charge < -0.3 is 15.4 Å². The first kappa shape index (κ1) is 10.5. The molecule has 0 aromatic rings. The molecule has 1 atom stereocenters. The third-order valence-electron chi connectivity index (χ3n) is 1.67. The summed E-state index contributed by atoms with van der Waals surface area (Å²) in [4.78, 5) is 11.3. The second-order valence-corrected chi connectivity index (χ2v) is 3.33. The number of carbonyl (C=O) groups excluding carboxylic acids is 1. The van der Waals surface area contributed by atoms with Gasteiger partial charge in [-0.05, 0) is 0 Å². The van der Waals surface area contributed by atoms with E-state index in [0.717, 1.165) is 6.54 Å². The third-order valence-corrected chi connectivity index (χ3v) is 1.81. The standard InChI is InChI=1S/C8H13ClN2O2/c1-6(9)4-11-8(12)7-5-10-2-3-13-7/h7,10H,1-5H2,(H,11,12). The fraction of sp³-hybridized carbons (Fsp3) is 0.625. The van der Waals surface area contributed by atoms with Crippen LogP contribution in [-0.2, 0) is 9.53 Å². The number of halogens is 1. The maximum absolute atomic E-state index is 11.3. The summed E-state index contributed by atoms with van der Waals surface area (Å²) in [7, 11) is 0. The maximum atomic E-state index is 11.3. The first-order valence-corrected chi connectivity index (χ1v) is 4.51. The van der Waals surface area contributed by atoms with Crippen molar-refractivity contribution in [3.05, 3.63) is 11.6 Å². The van der Waals surface area contributed by atoms with E-state index in [0.29, 0.717) is 24.7 Å². The number of amides is 1. The number of ether oxygens (including phenoxy) is 1.